The lowest BCUT2D eigenvalue weighted by Crippen LogP contribution is -2.36. The Balaban J connectivity index is 3.50. The summed E-state index contributed by atoms with van der Waals surface area (Å²) in [6, 6.07) is 1.27. The van der Waals surface area contributed by atoms with Gasteiger partial charge < -0.3 is 5.32 Å². The summed E-state index contributed by atoms with van der Waals surface area (Å²) in [6.07, 6.45) is 1.26. The van der Waals surface area contributed by atoms with Gasteiger partial charge in [-0.15, -0.1) is 0 Å². The molecular weight excluding hydrogens is 122 g/mol. The second-order valence-corrected chi connectivity index (χ2v) is 3.50. The third-order valence-electron chi connectivity index (χ3n) is 2.09. The second-order valence-electron chi connectivity index (χ2n) is 3.50. The van der Waals surface area contributed by atoms with E-state index < -0.39 is 0 Å². The molecule has 0 aliphatic rings. The highest BCUT2D eigenvalue weighted by Gasteiger charge is 2.09. The highest BCUT2D eigenvalue weighted by atomic mass is 14.9. The van der Waals surface area contributed by atoms with E-state index in [2.05, 4.69) is 39.9 Å². The van der Waals surface area contributed by atoms with Gasteiger partial charge in [0.05, 0.1) is 0 Å². The SMILES string of the molecule is CCC(C)[C@H](C)NC(C)C. The number of hydrogen-bond acceptors (Lipinski definition) is 1. The van der Waals surface area contributed by atoms with Gasteiger partial charge in [0.1, 0.15) is 0 Å². The molecule has 10 heavy (non-hydrogen) atoms. The molecule has 0 heterocycles. The quantitative estimate of drug-likeness (QED) is 0.637. The summed E-state index contributed by atoms with van der Waals surface area (Å²) in [7, 11) is 0. The molecule has 1 nitrogen and oxygen atoms in total. The first-order valence-electron chi connectivity index (χ1n) is 4.34. The molecule has 0 aromatic rings. The molecule has 1 N–H and O–H groups in total. The summed E-state index contributed by atoms with van der Waals surface area (Å²) in [6.45, 7) is 11.2. The number of nitrogens with one attached hydrogen (secondary N) is 1. The van der Waals surface area contributed by atoms with Gasteiger partial charge in [-0.1, -0.05) is 34.1 Å². The van der Waals surface area contributed by atoms with E-state index in [4.69, 9.17) is 0 Å². The summed E-state index contributed by atoms with van der Waals surface area (Å²) in [4.78, 5) is 0. The Labute approximate surface area is 65.2 Å². The highest BCUT2D eigenvalue weighted by molar-refractivity contribution is 4.68. The average molecular weight is 143 g/mol. The van der Waals surface area contributed by atoms with Gasteiger partial charge in [-0.05, 0) is 12.8 Å². The Morgan fingerprint density at radius 3 is 1.90 bits per heavy atom. The summed E-state index contributed by atoms with van der Waals surface area (Å²) in [5.74, 6) is 0.794. The summed E-state index contributed by atoms with van der Waals surface area (Å²) < 4.78 is 0. The molecule has 0 aromatic carbocycles. The molecule has 0 fully saturated rings. The Kier molecular flexibility index (Phi) is 4.71. The fraction of sp³-hybridized carbons (Fsp3) is 1.00. The first-order valence-corrected chi connectivity index (χ1v) is 4.34. The van der Waals surface area contributed by atoms with E-state index in [1.807, 2.05) is 0 Å². The molecular formula is C9H21N. The van der Waals surface area contributed by atoms with Crippen LogP contribution in [0, 0.1) is 5.92 Å². The molecule has 0 saturated carbocycles. The van der Waals surface area contributed by atoms with Gasteiger partial charge in [0.25, 0.3) is 0 Å². The largest absolute Gasteiger partial charge is 0.312 e. The van der Waals surface area contributed by atoms with Gasteiger partial charge in [-0.25, -0.2) is 0 Å². The normalized spacial score (nSPS) is 17.4. The maximum absolute atomic E-state index is 3.49. The summed E-state index contributed by atoms with van der Waals surface area (Å²) in [5.41, 5.74) is 0. The Bertz CT molecular complexity index is 78.8. The van der Waals surface area contributed by atoms with Crippen LogP contribution in [0.2, 0.25) is 0 Å². The minimum absolute atomic E-state index is 0.615. The van der Waals surface area contributed by atoms with Gasteiger partial charge in [0, 0.05) is 12.1 Å². The van der Waals surface area contributed by atoms with Crippen LogP contribution in [0.5, 0.6) is 0 Å². The van der Waals surface area contributed by atoms with Crippen molar-refractivity contribution in [1.29, 1.82) is 0 Å². The van der Waals surface area contributed by atoms with E-state index in [1.54, 1.807) is 0 Å². The van der Waals surface area contributed by atoms with Crippen LogP contribution in [0.15, 0.2) is 0 Å². The van der Waals surface area contributed by atoms with Crippen molar-refractivity contribution in [3.63, 3.8) is 0 Å². The molecule has 0 rings (SSSR count). The van der Waals surface area contributed by atoms with E-state index in [9.17, 15) is 0 Å². The minimum Gasteiger partial charge on any atom is -0.312 e. The van der Waals surface area contributed by atoms with E-state index in [0.29, 0.717) is 12.1 Å². The van der Waals surface area contributed by atoms with Crippen molar-refractivity contribution in [1.82, 2.24) is 5.32 Å². The molecule has 0 aromatic heterocycles. The standard InChI is InChI=1S/C9H21N/c1-6-8(4)9(5)10-7(2)3/h7-10H,6H2,1-5H3/t8?,9-/m0/s1. The van der Waals surface area contributed by atoms with Crippen molar-refractivity contribution in [2.75, 3.05) is 0 Å². The second kappa shape index (κ2) is 4.73. The fourth-order valence-corrected chi connectivity index (χ4v) is 1.04. The predicted molar refractivity (Wildman–Crippen MR) is 47.2 cm³/mol. The zero-order valence-corrected chi connectivity index (χ0v) is 7.94. The molecule has 0 radical (unpaired) electrons. The first-order chi connectivity index (χ1) is 4.57. The molecule has 0 amide bonds. The lowest BCUT2D eigenvalue weighted by atomic mass is 10.0. The maximum atomic E-state index is 3.49. The van der Waals surface area contributed by atoms with Crippen molar-refractivity contribution in [3.8, 4) is 0 Å². The molecule has 0 aliphatic heterocycles. The maximum Gasteiger partial charge on any atom is 0.00666 e. The molecule has 2 atom stereocenters. The number of hydrogen-bond donors (Lipinski definition) is 1. The van der Waals surface area contributed by atoms with Crippen molar-refractivity contribution in [3.05, 3.63) is 0 Å². The molecule has 1 heteroatoms. The molecule has 1 unspecified atom stereocenters. The molecule has 0 spiro atoms. The zero-order valence-electron chi connectivity index (χ0n) is 7.94. The lowest BCUT2D eigenvalue weighted by Gasteiger charge is -2.22. The van der Waals surface area contributed by atoms with Crippen LogP contribution in [0.25, 0.3) is 0 Å². The van der Waals surface area contributed by atoms with Crippen LogP contribution < -0.4 is 5.32 Å². The molecule has 0 bridgehead atoms. The summed E-state index contributed by atoms with van der Waals surface area (Å²) >= 11 is 0. The fourth-order valence-electron chi connectivity index (χ4n) is 1.04. The van der Waals surface area contributed by atoms with E-state index in [0.717, 1.165) is 5.92 Å². The van der Waals surface area contributed by atoms with Crippen LogP contribution in [0.1, 0.15) is 41.0 Å². The van der Waals surface area contributed by atoms with E-state index >= 15 is 0 Å². The van der Waals surface area contributed by atoms with Gasteiger partial charge in [-0.3, -0.25) is 0 Å². The van der Waals surface area contributed by atoms with Crippen molar-refractivity contribution >= 4 is 0 Å². The van der Waals surface area contributed by atoms with Crippen LogP contribution in [0.3, 0.4) is 0 Å². The van der Waals surface area contributed by atoms with E-state index in [1.165, 1.54) is 6.42 Å². The number of rotatable bonds is 4. The predicted octanol–water partition coefficient (Wildman–Crippen LogP) is 2.42. The van der Waals surface area contributed by atoms with Crippen molar-refractivity contribution in [2.24, 2.45) is 5.92 Å². The third-order valence-corrected chi connectivity index (χ3v) is 2.09. The summed E-state index contributed by atoms with van der Waals surface area (Å²) in [5, 5.41) is 3.49. The van der Waals surface area contributed by atoms with Crippen molar-refractivity contribution in [2.45, 2.75) is 53.1 Å². The van der Waals surface area contributed by atoms with Gasteiger partial charge >= 0.3 is 0 Å². The van der Waals surface area contributed by atoms with Crippen LogP contribution in [-0.2, 0) is 0 Å². The molecule has 62 valence electrons. The highest BCUT2D eigenvalue weighted by Crippen LogP contribution is 2.06. The van der Waals surface area contributed by atoms with E-state index in [-0.39, 0.29) is 0 Å². The third kappa shape index (κ3) is 3.89. The lowest BCUT2D eigenvalue weighted by molar-refractivity contribution is 0.366. The Hall–Kier alpha value is -0.0400. The topological polar surface area (TPSA) is 12.0 Å². The monoisotopic (exact) mass is 143 g/mol. The van der Waals surface area contributed by atoms with Gasteiger partial charge in [0.2, 0.25) is 0 Å². The zero-order chi connectivity index (χ0) is 8.15. The minimum atomic E-state index is 0.615. The van der Waals surface area contributed by atoms with Gasteiger partial charge in [0.15, 0.2) is 0 Å². The smallest absolute Gasteiger partial charge is 0.00666 e. The van der Waals surface area contributed by atoms with Crippen molar-refractivity contribution < 1.29 is 0 Å². The Morgan fingerprint density at radius 1 is 1.10 bits per heavy atom. The van der Waals surface area contributed by atoms with Crippen LogP contribution in [0.4, 0.5) is 0 Å². The molecule has 0 saturated heterocycles. The van der Waals surface area contributed by atoms with Crippen LogP contribution in [-0.4, -0.2) is 12.1 Å². The average Bonchev–Trinajstić information content (AvgIpc) is 1.85. The van der Waals surface area contributed by atoms with Gasteiger partial charge in [-0.2, -0.15) is 0 Å². The Morgan fingerprint density at radius 2 is 1.60 bits per heavy atom. The molecule has 0 aliphatic carbocycles. The van der Waals surface area contributed by atoms with Crippen LogP contribution >= 0.6 is 0 Å². The first kappa shape index (κ1) is 9.96.